The predicted molar refractivity (Wildman–Crippen MR) is 180 cm³/mol. The Balaban J connectivity index is 1.39. The number of esters is 4. The number of halogens is 1. The zero-order chi connectivity index (χ0) is 37.9. The topological polar surface area (TPSA) is 220 Å². The Bertz CT molecular complexity index is 1850. The molecule has 2 aromatic carbocycles. The number of nitrogens with one attached hydrogen (secondary N) is 1. The van der Waals surface area contributed by atoms with Crippen LogP contribution in [-0.2, 0) is 38.1 Å². The standard InChI is InChI=1S/C34H36ClN3O14/c1-19(25-6-4-5-7-28(25)38(45)46)51-30-14-29-22(13-27(30)35)12-26(34(44)52-29)33(43)36-23-8-10-24(11-9-23)37(15-31(41)49-17-47-20(2)39)16-32(42)50-18-48-21(3)40/h4-7,12-14,19,23-24H,8-11,15-18H2,1-3H3,(H,36,43)/t19?,23-,24-. The first-order valence-corrected chi connectivity index (χ1v) is 16.4. The summed E-state index contributed by atoms with van der Waals surface area (Å²) >= 11 is 6.46. The maximum Gasteiger partial charge on any atom is 0.349 e. The van der Waals surface area contributed by atoms with Crippen molar-refractivity contribution in [1.82, 2.24) is 10.2 Å². The lowest BCUT2D eigenvalue weighted by atomic mass is 9.90. The zero-order valence-corrected chi connectivity index (χ0v) is 29.2. The molecule has 4 rings (SSSR count). The van der Waals surface area contributed by atoms with Crippen LogP contribution in [0.4, 0.5) is 5.69 Å². The molecule has 278 valence electrons. The Hall–Kier alpha value is -5.55. The monoisotopic (exact) mass is 745 g/mol. The number of nitro benzene ring substituents is 1. The SMILES string of the molecule is CC(=O)OCOC(=O)CN(CC(=O)OCOC(C)=O)[C@H]1CC[C@H](NC(=O)c2cc3cc(Cl)c(OC(C)c4ccccc4[N+](=O)[O-])cc3oc2=O)CC1. The molecule has 0 aliphatic heterocycles. The number of amides is 1. The van der Waals surface area contributed by atoms with Crippen molar-refractivity contribution in [1.29, 1.82) is 0 Å². The van der Waals surface area contributed by atoms with Gasteiger partial charge in [0.2, 0.25) is 13.6 Å². The van der Waals surface area contributed by atoms with Crippen molar-refractivity contribution in [3.05, 3.63) is 79.1 Å². The third-order valence-electron chi connectivity index (χ3n) is 8.08. The molecule has 0 saturated heterocycles. The van der Waals surface area contributed by atoms with E-state index in [4.69, 9.17) is 30.2 Å². The summed E-state index contributed by atoms with van der Waals surface area (Å²) < 4.78 is 30.4. The Kier molecular flexibility index (Phi) is 13.7. The van der Waals surface area contributed by atoms with Gasteiger partial charge in [-0.15, -0.1) is 0 Å². The summed E-state index contributed by atoms with van der Waals surface area (Å²) in [6, 6.07) is 9.57. The fraction of sp³-hybridized carbons (Fsp3) is 0.412. The number of carbonyl (C=O) groups is 5. The highest BCUT2D eigenvalue weighted by atomic mass is 35.5. The Labute approximate surface area is 301 Å². The van der Waals surface area contributed by atoms with Crippen molar-refractivity contribution in [2.45, 2.75) is 64.6 Å². The van der Waals surface area contributed by atoms with Crippen LogP contribution in [0, 0.1) is 10.1 Å². The molecule has 1 atom stereocenters. The molecule has 1 unspecified atom stereocenters. The Morgan fingerprint density at radius 1 is 0.942 bits per heavy atom. The molecule has 3 aromatic rings. The molecule has 1 aliphatic rings. The highest BCUT2D eigenvalue weighted by Gasteiger charge is 2.31. The maximum absolute atomic E-state index is 13.2. The first kappa shape index (κ1) is 39.2. The molecule has 1 aliphatic carbocycles. The van der Waals surface area contributed by atoms with E-state index in [-0.39, 0.29) is 52.8 Å². The molecular formula is C34H36ClN3O14. The van der Waals surface area contributed by atoms with E-state index in [9.17, 15) is 38.9 Å². The number of rotatable bonds is 15. The van der Waals surface area contributed by atoms with Crippen LogP contribution in [-0.4, -0.2) is 78.4 Å². The zero-order valence-electron chi connectivity index (χ0n) is 28.4. The lowest BCUT2D eigenvalue weighted by molar-refractivity contribution is -0.386. The molecule has 1 saturated carbocycles. The number of nitrogens with zero attached hydrogens (tertiary/aromatic N) is 2. The summed E-state index contributed by atoms with van der Waals surface area (Å²) in [5.74, 6) is -3.38. The average molecular weight is 746 g/mol. The van der Waals surface area contributed by atoms with Gasteiger partial charge in [0.1, 0.15) is 23.0 Å². The normalized spacial score (nSPS) is 16.0. The molecule has 1 amide bonds. The van der Waals surface area contributed by atoms with Gasteiger partial charge in [-0.1, -0.05) is 23.7 Å². The van der Waals surface area contributed by atoms with Gasteiger partial charge in [-0.3, -0.25) is 39.0 Å². The summed E-state index contributed by atoms with van der Waals surface area (Å²) in [7, 11) is 0. The first-order valence-electron chi connectivity index (χ1n) is 16.0. The highest BCUT2D eigenvalue weighted by molar-refractivity contribution is 6.32. The largest absolute Gasteiger partial charge is 0.484 e. The van der Waals surface area contributed by atoms with Crippen LogP contribution in [0.3, 0.4) is 0 Å². The molecule has 17 nitrogen and oxygen atoms in total. The number of ether oxygens (including phenoxy) is 5. The number of carbonyl (C=O) groups excluding carboxylic acids is 5. The van der Waals surface area contributed by atoms with E-state index in [0.29, 0.717) is 36.6 Å². The van der Waals surface area contributed by atoms with E-state index in [2.05, 4.69) is 14.8 Å². The molecular weight excluding hydrogens is 710 g/mol. The summed E-state index contributed by atoms with van der Waals surface area (Å²) in [6.45, 7) is 2.04. The van der Waals surface area contributed by atoms with Crippen LogP contribution in [0.1, 0.15) is 68.5 Å². The first-order chi connectivity index (χ1) is 24.7. The Morgan fingerprint density at radius 3 is 2.12 bits per heavy atom. The molecule has 0 radical (unpaired) electrons. The second-order valence-electron chi connectivity index (χ2n) is 11.8. The van der Waals surface area contributed by atoms with Gasteiger partial charge in [-0.05, 0) is 50.8 Å². The van der Waals surface area contributed by atoms with Gasteiger partial charge < -0.3 is 33.4 Å². The van der Waals surface area contributed by atoms with Gasteiger partial charge in [0.05, 0.1) is 28.6 Å². The summed E-state index contributed by atoms with van der Waals surface area (Å²) in [4.78, 5) is 85.4. The molecule has 0 spiro atoms. The van der Waals surface area contributed by atoms with Gasteiger partial charge in [-0.2, -0.15) is 0 Å². The molecule has 1 heterocycles. The van der Waals surface area contributed by atoms with Gasteiger partial charge in [-0.25, -0.2) is 4.79 Å². The number of fused-ring (bicyclic) bond motifs is 1. The van der Waals surface area contributed by atoms with E-state index in [1.165, 1.54) is 35.2 Å². The fourth-order valence-electron chi connectivity index (χ4n) is 5.56. The number of benzene rings is 2. The second-order valence-corrected chi connectivity index (χ2v) is 12.2. The van der Waals surface area contributed by atoms with E-state index < -0.39 is 60.0 Å². The molecule has 1 fully saturated rings. The van der Waals surface area contributed by atoms with Gasteiger partial charge in [0.25, 0.3) is 11.6 Å². The quantitative estimate of drug-likeness (QED) is 0.0765. The minimum atomic E-state index is -0.913. The maximum atomic E-state index is 13.2. The fourth-order valence-corrected chi connectivity index (χ4v) is 5.78. The van der Waals surface area contributed by atoms with Gasteiger partial charge >= 0.3 is 29.5 Å². The summed E-state index contributed by atoms with van der Waals surface area (Å²) in [5, 5.41) is 14.7. The molecule has 1 N–H and O–H groups in total. The van der Waals surface area contributed by atoms with Crippen LogP contribution in [0.5, 0.6) is 5.75 Å². The van der Waals surface area contributed by atoms with Crippen LogP contribution in [0.15, 0.2) is 51.7 Å². The third-order valence-corrected chi connectivity index (χ3v) is 8.38. The van der Waals surface area contributed by atoms with Crippen LogP contribution in [0.25, 0.3) is 11.0 Å². The number of nitro groups is 1. The molecule has 0 bridgehead atoms. The van der Waals surface area contributed by atoms with Crippen LogP contribution in [0.2, 0.25) is 5.02 Å². The van der Waals surface area contributed by atoms with E-state index in [1.54, 1.807) is 19.1 Å². The highest BCUT2D eigenvalue weighted by Crippen LogP contribution is 2.35. The van der Waals surface area contributed by atoms with E-state index in [0.717, 1.165) is 13.8 Å². The second kappa shape index (κ2) is 18.1. The lowest BCUT2D eigenvalue weighted by Gasteiger charge is -2.36. The van der Waals surface area contributed by atoms with E-state index in [1.807, 2.05) is 0 Å². The van der Waals surface area contributed by atoms with Crippen molar-refractivity contribution in [3.8, 4) is 5.75 Å². The van der Waals surface area contributed by atoms with Crippen molar-refractivity contribution in [2.24, 2.45) is 0 Å². The molecule has 18 heteroatoms. The van der Waals surface area contributed by atoms with E-state index >= 15 is 0 Å². The van der Waals surface area contributed by atoms with Gasteiger partial charge in [0, 0.05) is 43.5 Å². The predicted octanol–water partition coefficient (Wildman–Crippen LogP) is 3.97. The van der Waals surface area contributed by atoms with Crippen LogP contribution >= 0.6 is 11.6 Å². The number of hydrogen-bond donors (Lipinski definition) is 1. The minimum absolute atomic E-state index is 0.0778. The van der Waals surface area contributed by atoms with Crippen molar-refractivity contribution < 1.29 is 57.0 Å². The average Bonchev–Trinajstić information content (AvgIpc) is 3.08. The van der Waals surface area contributed by atoms with Gasteiger partial charge in [0.15, 0.2) is 0 Å². The smallest absolute Gasteiger partial charge is 0.349 e. The van der Waals surface area contributed by atoms with Crippen molar-refractivity contribution in [3.63, 3.8) is 0 Å². The number of hydrogen-bond acceptors (Lipinski definition) is 15. The third kappa shape index (κ3) is 11.0. The van der Waals surface area contributed by atoms with Crippen molar-refractivity contribution >= 4 is 58.0 Å². The summed E-state index contributed by atoms with van der Waals surface area (Å²) in [6.07, 6.45) is 0.906. The lowest BCUT2D eigenvalue weighted by Crippen LogP contribution is -2.48. The number of para-hydroxylation sites is 1. The van der Waals surface area contributed by atoms with Crippen molar-refractivity contribution in [2.75, 3.05) is 26.7 Å². The minimum Gasteiger partial charge on any atom is -0.484 e. The molecule has 52 heavy (non-hydrogen) atoms. The van der Waals surface area contributed by atoms with Crippen LogP contribution < -0.4 is 15.7 Å². The molecule has 1 aromatic heterocycles. The summed E-state index contributed by atoms with van der Waals surface area (Å²) in [5.41, 5.74) is -0.912. The Morgan fingerprint density at radius 2 is 1.54 bits per heavy atom.